The second-order valence-corrected chi connectivity index (χ2v) is 8.25. The van der Waals surface area contributed by atoms with Gasteiger partial charge in [-0.05, 0) is 68.8 Å². The fraction of sp³-hybridized carbons (Fsp3) is 0.280. The summed E-state index contributed by atoms with van der Waals surface area (Å²) < 4.78 is 50.5. The Labute approximate surface area is 217 Å². The van der Waals surface area contributed by atoms with Crippen molar-refractivity contribution in [1.82, 2.24) is 15.4 Å². The van der Waals surface area contributed by atoms with E-state index < -0.39 is 29.8 Å². The van der Waals surface area contributed by atoms with E-state index >= 15 is 0 Å². The van der Waals surface area contributed by atoms with Crippen LogP contribution in [0.5, 0.6) is 11.5 Å². The Bertz CT molecular complexity index is 1270. The van der Waals surface area contributed by atoms with Gasteiger partial charge in [0, 0.05) is 17.4 Å². The third-order valence-electron chi connectivity index (χ3n) is 4.98. The number of ether oxygens (including phenoxy) is 2. The SMILES string of the molecule is CCOc1cc(C(Nc2ccc(C(=N)N)cc2)C(=O)NNc2nccc(C(F)(F)F)n2)ccc1OC(C)C. The molecule has 0 aliphatic rings. The second kappa shape index (κ2) is 12.1. The number of aromatic nitrogens is 2. The lowest BCUT2D eigenvalue weighted by Crippen LogP contribution is -2.37. The molecular formula is C25H28F3N7O3. The number of halogens is 3. The fourth-order valence-corrected chi connectivity index (χ4v) is 3.30. The molecule has 6 N–H and O–H groups in total. The molecule has 3 aromatic rings. The zero-order chi connectivity index (χ0) is 27.9. The van der Waals surface area contributed by atoms with Gasteiger partial charge in [-0.15, -0.1) is 0 Å². The maximum Gasteiger partial charge on any atom is 0.433 e. The lowest BCUT2D eigenvalue weighted by atomic mass is 10.0. The number of amidine groups is 1. The van der Waals surface area contributed by atoms with Gasteiger partial charge >= 0.3 is 6.18 Å². The number of hydrazine groups is 1. The van der Waals surface area contributed by atoms with Crippen LogP contribution in [-0.4, -0.2) is 34.4 Å². The Kier molecular flexibility index (Phi) is 8.94. The predicted molar refractivity (Wildman–Crippen MR) is 136 cm³/mol. The predicted octanol–water partition coefficient (Wildman–Crippen LogP) is 4.26. The molecule has 0 radical (unpaired) electrons. The molecule has 1 amide bonds. The Morgan fingerprint density at radius 3 is 2.42 bits per heavy atom. The van der Waals surface area contributed by atoms with Gasteiger partial charge in [0.2, 0.25) is 5.95 Å². The van der Waals surface area contributed by atoms with Crippen molar-refractivity contribution >= 4 is 23.4 Å². The van der Waals surface area contributed by atoms with Crippen molar-refractivity contribution in [2.24, 2.45) is 5.73 Å². The molecule has 0 aliphatic heterocycles. The summed E-state index contributed by atoms with van der Waals surface area (Å²) in [5.41, 5.74) is 10.5. The second-order valence-electron chi connectivity index (χ2n) is 8.25. The number of hydrogen-bond acceptors (Lipinski definition) is 8. The Morgan fingerprint density at radius 1 is 1.11 bits per heavy atom. The van der Waals surface area contributed by atoms with Crippen LogP contribution in [0.15, 0.2) is 54.7 Å². The molecule has 3 rings (SSSR count). The number of nitrogens with one attached hydrogen (secondary N) is 4. The lowest BCUT2D eigenvalue weighted by Gasteiger charge is -2.22. The number of benzene rings is 2. The van der Waals surface area contributed by atoms with E-state index in [1.807, 2.05) is 20.8 Å². The summed E-state index contributed by atoms with van der Waals surface area (Å²) in [4.78, 5) is 20.4. The molecular weight excluding hydrogens is 503 g/mol. The van der Waals surface area contributed by atoms with Crippen LogP contribution in [0.1, 0.15) is 43.6 Å². The molecule has 0 saturated carbocycles. The molecule has 0 aliphatic carbocycles. The summed E-state index contributed by atoms with van der Waals surface area (Å²) in [5.74, 6) is -0.293. The largest absolute Gasteiger partial charge is 0.490 e. The van der Waals surface area contributed by atoms with E-state index in [9.17, 15) is 18.0 Å². The zero-order valence-electron chi connectivity index (χ0n) is 20.9. The number of carbonyl (C=O) groups excluding carboxylic acids is 1. The summed E-state index contributed by atoms with van der Waals surface area (Å²) >= 11 is 0. The Morgan fingerprint density at radius 2 is 1.82 bits per heavy atom. The van der Waals surface area contributed by atoms with Crippen LogP contribution < -0.4 is 31.4 Å². The molecule has 2 aromatic carbocycles. The van der Waals surface area contributed by atoms with Gasteiger partial charge in [-0.25, -0.2) is 9.97 Å². The fourth-order valence-electron chi connectivity index (χ4n) is 3.30. The average molecular weight is 532 g/mol. The van der Waals surface area contributed by atoms with E-state index in [2.05, 4.69) is 26.1 Å². The number of alkyl halides is 3. The summed E-state index contributed by atoms with van der Waals surface area (Å²) in [6.45, 7) is 5.90. The first-order valence-electron chi connectivity index (χ1n) is 11.6. The summed E-state index contributed by atoms with van der Waals surface area (Å²) in [5, 5.41) is 10.6. The highest BCUT2D eigenvalue weighted by molar-refractivity contribution is 5.95. The molecule has 0 saturated heterocycles. The number of carbonyl (C=O) groups is 1. The molecule has 1 aromatic heterocycles. The van der Waals surface area contributed by atoms with Crippen LogP contribution >= 0.6 is 0 Å². The molecule has 10 nitrogen and oxygen atoms in total. The van der Waals surface area contributed by atoms with E-state index in [-0.39, 0.29) is 11.9 Å². The van der Waals surface area contributed by atoms with Crippen LogP contribution in [0.3, 0.4) is 0 Å². The van der Waals surface area contributed by atoms with Gasteiger partial charge in [0.25, 0.3) is 5.91 Å². The minimum absolute atomic E-state index is 0.113. The quantitative estimate of drug-likeness (QED) is 0.140. The van der Waals surface area contributed by atoms with E-state index in [4.69, 9.17) is 20.6 Å². The third kappa shape index (κ3) is 7.48. The molecule has 1 atom stereocenters. The normalized spacial score (nSPS) is 12.0. The minimum atomic E-state index is -4.67. The van der Waals surface area contributed by atoms with Crippen LogP contribution in [0.25, 0.3) is 0 Å². The number of anilines is 2. The van der Waals surface area contributed by atoms with E-state index in [1.165, 1.54) is 0 Å². The number of rotatable bonds is 11. The highest BCUT2D eigenvalue weighted by Gasteiger charge is 2.33. The van der Waals surface area contributed by atoms with Gasteiger partial charge in [0.05, 0.1) is 12.7 Å². The Balaban J connectivity index is 1.91. The molecule has 1 heterocycles. The Hall–Kier alpha value is -4.55. The van der Waals surface area contributed by atoms with Crippen LogP contribution in [-0.2, 0) is 11.0 Å². The highest BCUT2D eigenvalue weighted by atomic mass is 19.4. The number of nitrogens with zero attached hydrogens (tertiary/aromatic N) is 2. The van der Waals surface area contributed by atoms with Gasteiger partial charge in [-0.1, -0.05) is 6.07 Å². The van der Waals surface area contributed by atoms with Crippen molar-refractivity contribution in [3.63, 3.8) is 0 Å². The monoisotopic (exact) mass is 531 g/mol. The first kappa shape index (κ1) is 28.0. The number of nitrogen functional groups attached to an aromatic ring is 1. The smallest absolute Gasteiger partial charge is 0.433 e. The maximum atomic E-state index is 13.3. The number of hydrogen-bond donors (Lipinski definition) is 5. The number of nitrogens with two attached hydrogens (primary N) is 1. The van der Waals surface area contributed by atoms with Crippen molar-refractivity contribution in [1.29, 1.82) is 5.41 Å². The zero-order valence-corrected chi connectivity index (χ0v) is 20.9. The first-order valence-corrected chi connectivity index (χ1v) is 11.6. The maximum absolute atomic E-state index is 13.3. The van der Waals surface area contributed by atoms with Crippen molar-refractivity contribution in [2.45, 2.75) is 39.1 Å². The summed E-state index contributed by atoms with van der Waals surface area (Å²) in [6.07, 6.45) is -3.86. The van der Waals surface area contributed by atoms with E-state index in [0.717, 1.165) is 12.3 Å². The third-order valence-corrected chi connectivity index (χ3v) is 4.98. The molecule has 202 valence electrons. The molecule has 1 unspecified atom stereocenters. The molecule has 0 spiro atoms. The molecule has 0 bridgehead atoms. The van der Waals surface area contributed by atoms with Crippen molar-refractivity contribution in [2.75, 3.05) is 17.3 Å². The topological polar surface area (TPSA) is 147 Å². The standard InChI is InChI=1S/C25H28F3N7O3/c1-4-37-19-13-16(7-10-18(19)38-14(2)3)21(32-17-8-5-15(6-9-17)22(29)30)23(36)34-35-24-31-12-11-20(33-24)25(26,27)28/h5-14,21,32H,4H2,1-3H3,(H3,29,30)(H,34,36)(H,31,33,35). The van der Waals surface area contributed by atoms with Crippen LogP contribution in [0.2, 0.25) is 0 Å². The first-order chi connectivity index (χ1) is 18.0. The van der Waals surface area contributed by atoms with E-state index in [1.54, 1.807) is 42.5 Å². The van der Waals surface area contributed by atoms with Crippen LogP contribution in [0.4, 0.5) is 24.8 Å². The summed E-state index contributed by atoms with van der Waals surface area (Å²) in [7, 11) is 0. The van der Waals surface area contributed by atoms with Gasteiger partial charge in [-0.2, -0.15) is 13.2 Å². The van der Waals surface area contributed by atoms with Gasteiger partial charge in [0.15, 0.2) is 11.5 Å². The molecule has 0 fully saturated rings. The van der Waals surface area contributed by atoms with Gasteiger partial charge < -0.3 is 20.5 Å². The van der Waals surface area contributed by atoms with Crippen molar-refractivity contribution in [3.8, 4) is 11.5 Å². The van der Waals surface area contributed by atoms with Gasteiger partial charge in [0.1, 0.15) is 17.6 Å². The van der Waals surface area contributed by atoms with Crippen molar-refractivity contribution in [3.05, 3.63) is 71.5 Å². The lowest BCUT2D eigenvalue weighted by molar-refractivity contribution is -0.141. The molecule has 13 heteroatoms. The molecule has 38 heavy (non-hydrogen) atoms. The van der Waals surface area contributed by atoms with Gasteiger partial charge in [-0.3, -0.25) is 21.1 Å². The highest BCUT2D eigenvalue weighted by Crippen LogP contribution is 2.33. The minimum Gasteiger partial charge on any atom is -0.490 e. The van der Waals surface area contributed by atoms with Crippen molar-refractivity contribution < 1.29 is 27.4 Å². The van der Waals surface area contributed by atoms with E-state index in [0.29, 0.717) is 34.9 Å². The summed E-state index contributed by atoms with van der Waals surface area (Å²) in [6, 6.07) is 11.2. The average Bonchev–Trinajstić information content (AvgIpc) is 2.87. The number of amides is 1. The van der Waals surface area contributed by atoms with Crippen LogP contribution in [0, 0.1) is 5.41 Å².